The Hall–Kier alpha value is -2.62. The highest BCUT2D eigenvalue weighted by Crippen LogP contribution is 2.28. The van der Waals surface area contributed by atoms with Crippen molar-refractivity contribution in [2.45, 2.75) is 0 Å². The monoisotopic (exact) mass is 365 g/mol. The highest BCUT2D eigenvalue weighted by Gasteiger charge is 2.06. The van der Waals surface area contributed by atoms with Crippen LogP contribution in [0.1, 0.15) is 11.3 Å². The average Bonchev–Trinajstić information content (AvgIpc) is 3.04. The standard InChI is InChI=1S/C20H13Cl2N3/c21-17-2-1-3-18(22)15(17)6-7-19-16-5-4-14(12-20(16)25-24-19)13-8-10-23-11-9-13/h1-12H,(H,24,25)/b7-6+. The van der Waals surface area contributed by atoms with Crippen molar-refractivity contribution in [1.82, 2.24) is 15.2 Å². The first-order valence-electron chi connectivity index (χ1n) is 7.73. The van der Waals surface area contributed by atoms with Crippen LogP contribution in [-0.2, 0) is 0 Å². The molecule has 2 aromatic heterocycles. The molecule has 3 nitrogen and oxygen atoms in total. The van der Waals surface area contributed by atoms with Gasteiger partial charge in [0.1, 0.15) is 0 Å². The molecule has 25 heavy (non-hydrogen) atoms. The summed E-state index contributed by atoms with van der Waals surface area (Å²) < 4.78 is 0. The van der Waals surface area contributed by atoms with E-state index < -0.39 is 0 Å². The first kappa shape index (κ1) is 15.9. The molecule has 0 bridgehead atoms. The Morgan fingerprint density at radius 3 is 2.36 bits per heavy atom. The number of hydrogen-bond donors (Lipinski definition) is 1. The van der Waals surface area contributed by atoms with Gasteiger partial charge in [-0.3, -0.25) is 10.1 Å². The van der Waals surface area contributed by atoms with Crippen LogP contribution in [0.15, 0.2) is 60.9 Å². The lowest BCUT2D eigenvalue weighted by molar-refractivity contribution is 1.11. The predicted molar refractivity (Wildman–Crippen MR) is 105 cm³/mol. The van der Waals surface area contributed by atoms with Gasteiger partial charge in [0, 0.05) is 33.4 Å². The van der Waals surface area contributed by atoms with E-state index in [1.165, 1.54) is 0 Å². The molecule has 0 aliphatic carbocycles. The number of halogens is 2. The number of rotatable bonds is 3. The lowest BCUT2D eigenvalue weighted by atomic mass is 10.0. The normalized spacial score (nSPS) is 11.4. The topological polar surface area (TPSA) is 41.6 Å². The maximum Gasteiger partial charge on any atom is 0.0927 e. The van der Waals surface area contributed by atoms with Gasteiger partial charge in [0.05, 0.1) is 11.2 Å². The summed E-state index contributed by atoms with van der Waals surface area (Å²) in [6.45, 7) is 0. The zero-order valence-electron chi connectivity index (χ0n) is 13.1. The van der Waals surface area contributed by atoms with E-state index in [2.05, 4.69) is 33.4 Å². The Balaban J connectivity index is 1.71. The minimum atomic E-state index is 0.614. The lowest BCUT2D eigenvalue weighted by Gasteiger charge is -2.01. The van der Waals surface area contributed by atoms with E-state index in [9.17, 15) is 0 Å². The third kappa shape index (κ3) is 3.16. The Morgan fingerprint density at radius 2 is 1.60 bits per heavy atom. The van der Waals surface area contributed by atoms with E-state index >= 15 is 0 Å². The fourth-order valence-electron chi connectivity index (χ4n) is 2.72. The van der Waals surface area contributed by atoms with Crippen LogP contribution in [-0.4, -0.2) is 15.2 Å². The summed E-state index contributed by atoms with van der Waals surface area (Å²) in [6, 6.07) is 15.6. The molecule has 1 N–H and O–H groups in total. The summed E-state index contributed by atoms with van der Waals surface area (Å²) in [4.78, 5) is 4.05. The maximum atomic E-state index is 6.21. The molecule has 0 aliphatic heterocycles. The minimum absolute atomic E-state index is 0.614. The van der Waals surface area contributed by atoms with E-state index in [0.717, 1.165) is 33.3 Å². The zero-order chi connectivity index (χ0) is 17.2. The van der Waals surface area contributed by atoms with E-state index in [0.29, 0.717) is 10.0 Å². The molecule has 0 fully saturated rings. The van der Waals surface area contributed by atoms with Gasteiger partial charge in [-0.2, -0.15) is 5.10 Å². The fourth-order valence-corrected chi connectivity index (χ4v) is 3.25. The summed E-state index contributed by atoms with van der Waals surface area (Å²) in [7, 11) is 0. The van der Waals surface area contributed by atoms with Crippen molar-refractivity contribution in [3.8, 4) is 11.1 Å². The van der Waals surface area contributed by atoms with Gasteiger partial charge in [-0.05, 0) is 59.7 Å². The Kier molecular flexibility index (Phi) is 4.26. The third-order valence-corrected chi connectivity index (χ3v) is 4.67. The van der Waals surface area contributed by atoms with E-state index in [-0.39, 0.29) is 0 Å². The molecule has 2 heterocycles. The number of nitrogens with one attached hydrogen (secondary N) is 1. The highest BCUT2D eigenvalue weighted by molar-refractivity contribution is 6.37. The summed E-state index contributed by atoms with van der Waals surface area (Å²) in [5.74, 6) is 0. The molecule has 0 atom stereocenters. The van der Waals surface area contributed by atoms with Gasteiger partial charge in [0.2, 0.25) is 0 Å². The van der Waals surface area contributed by atoms with Gasteiger partial charge in [0.25, 0.3) is 0 Å². The number of nitrogens with zero attached hydrogens (tertiary/aromatic N) is 2. The first-order chi connectivity index (χ1) is 12.2. The maximum absolute atomic E-state index is 6.21. The second-order valence-corrected chi connectivity index (χ2v) is 6.39. The number of benzene rings is 2. The number of pyridine rings is 1. The van der Waals surface area contributed by atoms with Gasteiger partial charge in [0.15, 0.2) is 0 Å². The number of aromatic nitrogens is 3. The molecule has 0 aliphatic rings. The van der Waals surface area contributed by atoms with Crippen LogP contribution < -0.4 is 0 Å². The average molecular weight is 366 g/mol. The van der Waals surface area contributed by atoms with Crippen molar-refractivity contribution >= 4 is 46.3 Å². The van der Waals surface area contributed by atoms with Crippen molar-refractivity contribution in [3.05, 3.63) is 82.2 Å². The smallest absolute Gasteiger partial charge is 0.0927 e. The second kappa shape index (κ2) is 6.71. The lowest BCUT2D eigenvalue weighted by Crippen LogP contribution is -1.79. The molecule has 0 spiro atoms. The zero-order valence-corrected chi connectivity index (χ0v) is 14.6. The summed E-state index contributed by atoms with van der Waals surface area (Å²) in [6.07, 6.45) is 7.37. The third-order valence-electron chi connectivity index (χ3n) is 4.01. The van der Waals surface area contributed by atoms with Crippen molar-refractivity contribution in [2.24, 2.45) is 0 Å². The molecule has 4 aromatic rings. The number of fused-ring (bicyclic) bond motifs is 1. The molecule has 0 saturated carbocycles. The van der Waals surface area contributed by atoms with Crippen LogP contribution in [0.25, 0.3) is 34.2 Å². The largest absolute Gasteiger partial charge is 0.277 e. The van der Waals surface area contributed by atoms with Crippen LogP contribution in [0, 0.1) is 0 Å². The first-order valence-corrected chi connectivity index (χ1v) is 8.48. The fraction of sp³-hybridized carbons (Fsp3) is 0. The van der Waals surface area contributed by atoms with Crippen molar-refractivity contribution < 1.29 is 0 Å². The van der Waals surface area contributed by atoms with Crippen molar-refractivity contribution in [2.75, 3.05) is 0 Å². The van der Waals surface area contributed by atoms with Crippen LogP contribution in [0.4, 0.5) is 0 Å². The van der Waals surface area contributed by atoms with Gasteiger partial charge >= 0.3 is 0 Å². The van der Waals surface area contributed by atoms with Crippen molar-refractivity contribution in [3.63, 3.8) is 0 Å². The Labute approximate surface area is 154 Å². The molecule has 122 valence electrons. The number of aromatic amines is 1. The minimum Gasteiger partial charge on any atom is -0.277 e. The summed E-state index contributed by atoms with van der Waals surface area (Å²) in [5, 5.41) is 9.74. The highest BCUT2D eigenvalue weighted by atomic mass is 35.5. The molecule has 4 rings (SSSR count). The van der Waals surface area contributed by atoms with E-state index in [4.69, 9.17) is 23.2 Å². The number of H-pyrrole nitrogens is 1. The Morgan fingerprint density at radius 1 is 0.840 bits per heavy atom. The van der Waals surface area contributed by atoms with Gasteiger partial charge in [-0.1, -0.05) is 35.3 Å². The van der Waals surface area contributed by atoms with Crippen LogP contribution in [0.2, 0.25) is 10.0 Å². The SMILES string of the molecule is Clc1cccc(Cl)c1/C=C/c1n[nH]c2cc(-c3ccncc3)ccc12. The predicted octanol–water partition coefficient (Wildman–Crippen LogP) is 6.10. The molecule has 0 radical (unpaired) electrons. The number of hydrogen-bond acceptors (Lipinski definition) is 2. The molecule has 0 unspecified atom stereocenters. The summed E-state index contributed by atoms with van der Waals surface area (Å²) in [5.41, 5.74) is 4.83. The van der Waals surface area contributed by atoms with Crippen LogP contribution in [0.5, 0.6) is 0 Å². The molecule has 2 aromatic carbocycles. The molecule has 0 saturated heterocycles. The molecular formula is C20H13Cl2N3. The van der Waals surface area contributed by atoms with E-state index in [1.807, 2.05) is 42.5 Å². The van der Waals surface area contributed by atoms with E-state index in [1.54, 1.807) is 12.4 Å². The molecule has 5 heteroatoms. The van der Waals surface area contributed by atoms with Crippen molar-refractivity contribution in [1.29, 1.82) is 0 Å². The summed E-state index contributed by atoms with van der Waals surface area (Å²) >= 11 is 12.4. The quantitative estimate of drug-likeness (QED) is 0.476. The molecular weight excluding hydrogens is 353 g/mol. The van der Waals surface area contributed by atoms with Gasteiger partial charge in [-0.15, -0.1) is 0 Å². The van der Waals surface area contributed by atoms with Crippen LogP contribution >= 0.6 is 23.2 Å². The van der Waals surface area contributed by atoms with Gasteiger partial charge < -0.3 is 0 Å². The van der Waals surface area contributed by atoms with Gasteiger partial charge in [-0.25, -0.2) is 0 Å². The van der Waals surface area contributed by atoms with Crippen LogP contribution in [0.3, 0.4) is 0 Å². The second-order valence-electron chi connectivity index (χ2n) is 5.57. The molecule has 0 amide bonds. The Bertz CT molecular complexity index is 1050.